The van der Waals surface area contributed by atoms with Gasteiger partial charge in [0, 0.05) is 18.3 Å². The third kappa shape index (κ3) is 6.92. The molecule has 3 heteroatoms. The average molecular weight is 260 g/mol. The minimum absolute atomic E-state index is 0.292. The molecule has 0 heterocycles. The third-order valence-corrected chi connectivity index (χ3v) is 3.85. The third-order valence-electron chi connectivity index (χ3n) is 3.59. The lowest BCUT2D eigenvalue weighted by Gasteiger charge is -2.13. The average Bonchev–Trinajstić information content (AvgIpc) is 2.62. The van der Waals surface area contributed by atoms with E-state index >= 15 is 0 Å². The lowest BCUT2D eigenvalue weighted by atomic mass is 9.99. The van der Waals surface area contributed by atoms with Crippen LogP contribution in [0.1, 0.15) is 64.2 Å². The summed E-state index contributed by atoms with van der Waals surface area (Å²) in [5, 5.41) is 3.09. The monoisotopic (exact) mass is 259 g/mol. The van der Waals surface area contributed by atoms with E-state index in [1.807, 2.05) is 0 Å². The van der Waals surface area contributed by atoms with Crippen molar-refractivity contribution in [1.29, 1.82) is 0 Å². The molecule has 0 saturated heterocycles. The summed E-state index contributed by atoms with van der Waals surface area (Å²) in [4.78, 5) is 11.9. The zero-order chi connectivity index (χ0) is 12.3. The molecule has 0 aliphatic heterocycles. The molecule has 0 aromatic rings. The Balaban J connectivity index is 2.03. The van der Waals surface area contributed by atoms with Crippen LogP contribution in [-0.4, -0.2) is 18.3 Å². The quantitative estimate of drug-likeness (QED) is 0.420. The van der Waals surface area contributed by atoms with Crippen LogP contribution in [0.25, 0.3) is 0 Å². The lowest BCUT2D eigenvalue weighted by molar-refractivity contribution is -0.125. The molecule has 1 amide bonds. The summed E-state index contributed by atoms with van der Waals surface area (Å²) in [5.74, 6) is 1.35. The van der Waals surface area contributed by atoms with Gasteiger partial charge in [-0.05, 0) is 25.7 Å². The second-order valence-electron chi connectivity index (χ2n) is 5.08. The smallest absolute Gasteiger partial charge is 0.223 e. The van der Waals surface area contributed by atoms with E-state index < -0.39 is 0 Å². The molecule has 0 spiro atoms. The number of hydrogen-bond donors (Lipinski definition) is 1. The number of rotatable bonds is 7. The van der Waals surface area contributed by atoms with Crippen molar-refractivity contribution >= 4 is 17.5 Å². The summed E-state index contributed by atoms with van der Waals surface area (Å²) in [6.07, 6.45) is 11.8. The number of alkyl halides is 1. The van der Waals surface area contributed by atoms with Gasteiger partial charge in [0.25, 0.3) is 0 Å². The van der Waals surface area contributed by atoms with E-state index in [2.05, 4.69) is 5.32 Å². The highest BCUT2D eigenvalue weighted by atomic mass is 35.5. The minimum atomic E-state index is 0.292. The van der Waals surface area contributed by atoms with E-state index in [1.165, 1.54) is 38.5 Å². The maximum atomic E-state index is 11.9. The summed E-state index contributed by atoms with van der Waals surface area (Å²) in [5.41, 5.74) is 0. The SMILES string of the molecule is O=C(NCCCCCCCl)C1CCCCCC1. The molecule has 1 saturated carbocycles. The first-order chi connectivity index (χ1) is 8.34. The Morgan fingerprint density at radius 3 is 2.29 bits per heavy atom. The van der Waals surface area contributed by atoms with E-state index in [4.69, 9.17) is 11.6 Å². The molecule has 0 unspecified atom stereocenters. The molecule has 0 bridgehead atoms. The number of carbonyl (C=O) groups excluding carboxylic acids is 1. The van der Waals surface area contributed by atoms with Crippen LogP contribution in [0.3, 0.4) is 0 Å². The molecular weight excluding hydrogens is 234 g/mol. The minimum Gasteiger partial charge on any atom is -0.356 e. The lowest BCUT2D eigenvalue weighted by Crippen LogP contribution is -2.31. The van der Waals surface area contributed by atoms with Gasteiger partial charge in [0.2, 0.25) is 5.91 Å². The summed E-state index contributed by atoms with van der Waals surface area (Å²) in [6, 6.07) is 0. The van der Waals surface area contributed by atoms with Gasteiger partial charge in [-0.15, -0.1) is 11.6 Å². The van der Waals surface area contributed by atoms with E-state index in [0.29, 0.717) is 11.8 Å². The van der Waals surface area contributed by atoms with Crippen LogP contribution in [0.5, 0.6) is 0 Å². The molecule has 1 fully saturated rings. The molecular formula is C14H26ClNO. The van der Waals surface area contributed by atoms with E-state index in [1.54, 1.807) is 0 Å². The molecule has 1 N–H and O–H groups in total. The topological polar surface area (TPSA) is 29.1 Å². The highest BCUT2D eigenvalue weighted by Gasteiger charge is 2.19. The van der Waals surface area contributed by atoms with Gasteiger partial charge in [0.05, 0.1) is 0 Å². The van der Waals surface area contributed by atoms with Crippen molar-refractivity contribution in [3.8, 4) is 0 Å². The van der Waals surface area contributed by atoms with Gasteiger partial charge >= 0.3 is 0 Å². The number of carbonyl (C=O) groups is 1. The fourth-order valence-electron chi connectivity index (χ4n) is 2.47. The summed E-state index contributed by atoms with van der Waals surface area (Å²) in [7, 11) is 0. The van der Waals surface area contributed by atoms with Crippen LogP contribution in [0.2, 0.25) is 0 Å². The second kappa shape index (κ2) is 9.76. The molecule has 100 valence electrons. The predicted molar refractivity (Wildman–Crippen MR) is 73.4 cm³/mol. The zero-order valence-electron chi connectivity index (χ0n) is 10.8. The predicted octanol–water partition coefficient (Wildman–Crippen LogP) is 3.87. The first-order valence-corrected chi connectivity index (χ1v) is 7.71. The molecule has 2 nitrogen and oxygen atoms in total. The van der Waals surface area contributed by atoms with Crippen LogP contribution in [0, 0.1) is 5.92 Å². The van der Waals surface area contributed by atoms with Crippen molar-refractivity contribution in [3.63, 3.8) is 0 Å². The van der Waals surface area contributed by atoms with Crippen LogP contribution in [-0.2, 0) is 4.79 Å². The van der Waals surface area contributed by atoms with Gasteiger partial charge in [-0.2, -0.15) is 0 Å². The van der Waals surface area contributed by atoms with Gasteiger partial charge in [0.1, 0.15) is 0 Å². The van der Waals surface area contributed by atoms with E-state index in [0.717, 1.165) is 38.1 Å². The number of halogens is 1. The number of hydrogen-bond acceptors (Lipinski definition) is 1. The first kappa shape index (κ1) is 14.8. The highest BCUT2D eigenvalue weighted by molar-refractivity contribution is 6.17. The molecule has 0 aromatic heterocycles. The fourth-order valence-corrected chi connectivity index (χ4v) is 2.66. The van der Waals surface area contributed by atoms with Crippen LogP contribution < -0.4 is 5.32 Å². The molecule has 0 radical (unpaired) electrons. The van der Waals surface area contributed by atoms with Crippen molar-refractivity contribution in [2.45, 2.75) is 64.2 Å². The highest BCUT2D eigenvalue weighted by Crippen LogP contribution is 2.22. The van der Waals surface area contributed by atoms with Gasteiger partial charge < -0.3 is 5.32 Å². The zero-order valence-corrected chi connectivity index (χ0v) is 11.6. The van der Waals surface area contributed by atoms with Crippen molar-refractivity contribution in [3.05, 3.63) is 0 Å². The molecule has 17 heavy (non-hydrogen) atoms. The Morgan fingerprint density at radius 1 is 1.00 bits per heavy atom. The Hall–Kier alpha value is -0.240. The Kier molecular flexibility index (Phi) is 8.50. The van der Waals surface area contributed by atoms with Crippen molar-refractivity contribution in [1.82, 2.24) is 5.32 Å². The number of nitrogens with one attached hydrogen (secondary N) is 1. The molecule has 0 aromatic carbocycles. The van der Waals surface area contributed by atoms with Gasteiger partial charge in [-0.25, -0.2) is 0 Å². The van der Waals surface area contributed by atoms with Gasteiger partial charge in [-0.3, -0.25) is 4.79 Å². The molecule has 1 rings (SSSR count). The normalized spacial score (nSPS) is 17.7. The van der Waals surface area contributed by atoms with Crippen LogP contribution in [0.15, 0.2) is 0 Å². The molecule has 0 atom stereocenters. The van der Waals surface area contributed by atoms with Gasteiger partial charge in [0.15, 0.2) is 0 Å². The maximum Gasteiger partial charge on any atom is 0.223 e. The largest absolute Gasteiger partial charge is 0.356 e. The molecule has 1 aliphatic carbocycles. The number of amides is 1. The second-order valence-corrected chi connectivity index (χ2v) is 5.46. The molecule has 1 aliphatic rings. The van der Waals surface area contributed by atoms with E-state index in [9.17, 15) is 4.79 Å². The Labute approximate surface area is 110 Å². The Morgan fingerprint density at radius 2 is 1.65 bits per heavy atom. The van der Waals surface area contributed by atoms with Crippen LogP contribution in [0.4, 0.5) is 0 Å². The summed E-state index contributed by atoms with van der Waals surface area (Å²) >= 11 is 5.61. The maximum absolute atomic E-state index is 11.9. The van der Waals surface area contributed by atoms with E-state index in [-0.39, 0.29) is 0 Å². The van der Waals surface area contributed by atoms with Crippen molar-refractivity contribution < 1.29 is 4.79 Å². The van der Waals surface area contributed by atoms with Gasteiger partial charge in [-0.1, -0.05) is 38.5 Å². The Bertz CT molecular complexity index is 200. The van der Waals surface area contributed by atoms with Crippen molar-refractivity contribution in [2.24, 2.45) is 5.92 Å². The van der Waals surface area contributed by atoms with Crippen molar-refractivity contribution in [2.75, 3.05) is 12.4 Å². The first-order valence-electron chi connectivity index (χ1n) is 7.18. The standard InChI is InChI=1S/C14H26ClNO/c15-11-7-3-4-8-12-16-14(17)13-9-5-1-2-6-10-13/h13H,1-12H2,(H,16,17). The summed E-state index contributed by atoms with van der Waals surface area (Å²) < 4.78 is 0. The summed E-state index contributed by atoms with van der Waals surface area (Å²) in [6.45, 7) is 0.845. The van der Waals surface area contributed by atoms with Crippen LogP contribution >= 0.6 is 11.6 Å². The fraction of sp³-hybridized carbons (Fsp3) is 0.929. The number of unbranched alkanes of at least 4 members (excludes halogenated alkanes) is 3.